The second kappa shape index (κ2) is 9.03. The smallest absolute Gasteiger partial charge is 0.227 e. The molecule has 1 aromatic carbocycles. The Hall–Kier alpha value is -2.08. The summed E-state index contributed by atoms with van der Waals surface area (Å²) in [5.74, 6) is 1.12. The highest BCUT2D eigenvalue weighted by atomic mass is 16.5. The molecule has 2 heterocycles. The maximum absolute atomic E-state index is 12.6. The lowest BCUT2D eigenvalue weighted by molar-refractivity contribution is -0.141. The van der Waals surface area contributed by atoms with Crippen molar-refractivity contribution in [1.82, 2.24) is 4.90 Å². The van der Waals surface area contributed by atoms with E-state index < -0.39 is 0 Å². The van der Waals surface area contributed by atoms with Gasteiger partial charge in [-0.05, 0) is 56.9 Å². The van der Waals surface area contributed by atoms with Gasteiger partial charge in [0, 0.05) is 43.8 Å². The van der Waals surface area contributed by atoms with E-state index >= 15 is 0 Å². The van der Waals surface area contributed by atoms with Gasteiger partial charge in [0.15, 0.2) is 0 Å². The van der Waals surface area contributed by atoms with Gasteiger partial charge in [-0.3, -0.25) is 9.59 Å². The maximum atomic E-state index is 12.6. The number of hydrogen-bond donors (Lipinski definition) is 1. The largest absolute Gasteiger partial charge is 0.494 e. The third-order valence-electron chi connectivity index (χ3n) is 5.18. The fourth-order valence-electron chi connectivity index (χ4n) is 3.61. The molecule has 0 atom stereocenters. The molecule has 2 fully saturated rings. The monoisotopic (exact) mass is 360 g/mol. The van der Waals surface area contributed by atoms with E-state index in [1.807, 2.05) is 36.1 Å². The molecule has 0 bridgehead atoms. The molecule has 6 nitrogen and oxygen atoms in total. The second-order valence-corrected chi connectivity index (χ2v) is 6.93. The van der Waals surface area contributed by atoms with Crippen LogP contribution in [-0.4, -0.2) is 49.6 Å². The van der Waals surface area contributed by atoms with E-state index in [9.17, 15) is 9.59 Å². The Kier molecular flexibility index (Phi) is 6.50. The van der Waals surface area contributed by atoms with E-state index in [4.69, 9.17) is 9.47 Å². The lowest BCUT2D eigenvalue weighted by Crippen LogP contribution is -2.45. The normalized spacial score (nSPS) is 19.2. The van der Waals surface area contributed by atoms with Crippen molar-refractivity contribution in [3.63, 3.8) is 0 Å². The molecule has 0 saturated carbocycles. The van der Waals surface area contributed by atoms with Crippen LogP contribution in [0.4, 0.5) is 5.69 Å². The van der Waals surface area contributed by atoms with Gasteiger partial charge in [-0.15, -0.1) is 0 Å². The van der Waals surface area contributed by atoms with Gasteiger partial charge >= 0.3 is 0 Å². The molecule has 6 heteroatoms. The number of rotatable bonds is 5. The Morgan fingerprint density at radius 3 is 2.35 bits per heavy atom. The molecule has 3 rings (SSSR count). The summed E-state index contributed by atoms with van der Waals surface area (Å²) in [6.07, 6.45) is 3.07. The fourth-order valence-corrected chi connectivity index (χ4v) is 3.61. The summed E-state index contributed by atoms with van der Waals surface area (Å²) in [5.41, 5.74) is 0.777. The number of nitrogens with one attached hydrogen (secondary N) is 1. The summed E-state index contributed by atoms with van der Waals surface area (Å²) in [7, 11) is 0. The fraction of sp³-hybridized carbons (Fsp3) is 0.600. The molecule has 2 aliphatic heterocycles. The minimum Gasteiger partial charge on any atom is -0.494 e. The van der Waals surface area contributed by atoms with E-state index in [0.29, 0.717) is 32.9 Å². The van der Waals surface area contributed by atoms with Crippen LogP contribution in [0.1, 0.15) is 32.6 Å². The zero-order chi connectivity index (χ0) is 18.4. The summed E-state index contributed by atoms with van der Waals surface area (Å²) < 4.78 is 10.7. The van der Waals surface area contributed by atoms with Crippen molar-refractivity contribution in [1.29, 1.82) is 0 Å². The molecule has 1 aromatic rings. The van der Waals surface area contributed by atoms with Crippen LogP contribution in [0.15, 0.2) is 24.3 Å². The van der Waals surface area contributed by atoms with E-state index in [1.165, 1.54) is 0 Å². The first kappa shape index (κ1) is 18.7. The molecule has 2 aliphatic rings. The van der Waals surface area contributed by atoms with E-state index in [2.05, 4.69) is 5.32 Å². The third kappa shape index (κ3) is 4.75. The van der Waals surface area contributed by atoms with Gasteiger partial charge in [0.05, 0.1) is 6.61 Å². The van der Waals surface area contributed by atoms with E-state index in [-0.39, 0.29) is 23.7 Å². The highest BCUT2D eigenvalue weighted by Gasteiger charge is 2.31. The number of amides is 2. The summed E-state index contributed by atoms with van der Waals surface area (Å²) in [6, 6.07) is 7.42. The quantitative estimate of drug-likeness (QED) is 0.877. The van der Waals surface area contributed by atoms with Gasteiger partial charge in [-0.2, -0.15) is 0 Å². The Labute approximate surface area is 154 Å². The lowest BCUT2D eigenvalue weighted by atomic mass is 9.93. The van der Waals surface area contributed by atoms with Crippen LogP contribution in [-0.2, 0) is 14.3 Å². The van der Waals surface area contributed by atoms with Crippen LogP contribution in [0.3, 0.4) is 0 Å². The standard InChI is InChI=1S/C20H28N2O4/c1-2-26-18-5-3-17(4-6-18)21-19(23)15-7-11-22(12-8-15)20(24)16-9-13-25-14-10-16/h3-6,15-16H,2,7-14H2,1H3,(H,21,23). The summed E-state index contributed by atoms with van der Waals surface area (Å²) in [5, 5.41) is 2.97. The molecule has 2 saturated heterocycles. The van der Waals surface area contributed by atoms with Gasteiger partial charge in [0.1, 0.15) is 5.75 Å². The zero-order valence-corrected chi connectivity index (χ0v) is 15.4. The molecule has 0 radical (unpaired) electrons. The van der Waals surface area contributed by atoms with Gasteiger partial charge in [0.2, 0.25) is 11.8 Å². The first-order valence-corrected chi connectivity index (χ1v) is 9.57. The van der Waals surface area contributed by atoms with Gasteiger partial charge in [-0.25, -0.2) is 0 Å². The molecule has 0 aromatic heterocycles. The van der Waals surface area contributed by atoms with Crippen molar-refractivity contribution >= 4 is 17.5 Å². The molecule has 0 spiro atoms. The molecule has 142 valence electrons. The zero-order valence-electron chi connectivity index (χ0n) is 15.4. The molecular weight excluding hydrogens is 332 g/mol. The average Bonchev–Trinajstić information content (AvgIpc) is 2.70. The minimum absolute atomic E-state index is 0.0346. The number of nitrogens with zero attached hydrogens (tertiary/aromatic N) is 1. The molecular formula is C20H28N2O4. The van der Waals surface area contributed by atoms with Crippen LogP contribution in [0.2, 0.25) is 0 Å². The average molecular weight is 360 g/mol. The molecule has 1 N–H and O–H groups in total. The number of carbonyl (C=O) groups is 2. The SMILES string of the molecule is CCOc1ccc(NC(=O)C2CCN(C(=O)C3CCOCC3)CC2)cc1. The lowest BCUT2D eigenvalue weighted by Gasteiger charge is -2.34. The summed E-state index contributed by atoms with van der Waals surface area (Å²) in [4.78, 5) is 27.0. The van der Waals surface area contributed by atoms with Crippen LogP contribution in [0.5, 0.6) is 5.75 Å². The molecule has 0 aliphatic carbocycles. The topological polar surface area (TPSA) is 67.9 Å². The van der Waals surface area contributed by atoms with Crippen LogP contribution in [0, 0.1) is 11.8 Å². The Morgan fingerprint density at radius 2 is 1.73 bits per heavy atom. The van der Waals surface area contributed by atoms with Gasteiger partial charge in [0.25, 0.3) is 0 Å². The van der Waals surface area contributed by atoms with E-state index in [1.54, 1.807) is 0 Å². The van der Waals surface area contributed by atoms with Crippen molar-refractivity contribution in [2.45, 2.75) is 32.6 Å². The highest BCUT2D eigenvalue weighted by molar-refractivity contribution is 5.92. The number of anilines is 1. The summed E-state index contributed by atoms with van der Waals surface area (Å²) >= 11 is 0. The Bertz CT molecular complexity index is 603. The third-order valence-corrected chi connectivity index (χ3v) is 5.18. The summed E-state index contributed by atoms with van der Waals surface area (Å²) in [6.45, 7) is 5.25. The number of benzene rings is 1. The van der Waals surface area contributed by atoms with Crippen LogP contribution >= 0.6 is 0 Å². The highest BCUT2D eigenvalue weighted by Crippen LogP contribution is 2.24. The van der Waals surface area contributed by atoms with Crippen LogP contribution in [0.25, 0.3) is 0 Å². The predicted molar refractivity (Wildman–Crippen MR) is 99.1 cm³/mol. The van der Waals surface area contributed by atoms with Crippen molar-refractivity contribution in [2.75, 3.05) is 38.2 Å². The number of piperidine rings is 1. The van der Waals surface area contributed by atoms with Gasteiger partial charge < -0.3 is 19.7 Å². The molecule has 0 unspecified atom stereocenters. The minimum atomic E-state index is -0.0414. The van der Waals surface area contributed by atoms with Gasteiger partial charge in [-0.1, -0.05) is 0 Å². The van der Waals surface area contributed by atoms with Crippen molar-refractivity contribution in [3.05, 3.63) is 24.3 Å². The Morgan fingerprint density at radius 1 is 1.08 bits per heavy atom. The first-order chi connectivity index (χ1) is 12.7. The molecule has 26 heavy (non-hydrogen) atoms. The number of ether oxygens (including phenoxy) is 2. The predicted octanol–water partition coefficient (Wildman–Crippen LogP) is 2.69. The van der Waals surface area contributed by atoms with Crippen molar-refractivity contribution in [2.24, 2.45) is 11.8 Å². The maximum Gasteiger partial charge on any atom is 0.227 e. The number of likely N-dealkylation sites (tertiary alicyclic amines) is 1. The van der Waals surface area contributed by atoms with Crippen molar-refractivity contribution < 1.29 is 19.1 Å². The number of hydrogen-bond acceptors (Lipinski definition) is 4. The van der Waals surface area contributed by atoms with E-state index in [0.717, 1.165) is 37.1 Å². The second-order valence-electron chi connectivity index (χ2n) is 6.93. The molecule has 2 amide bonds. The van der Waals surface area contributed by atoms with Crippen molar-refractivity contribution in [3.8, 4) is 5.75 Å². The first-order valence-electron chi connectivity index (χ1n) is 9.57. The Balaban J connectivity index is 1.46. The number of carbonyl (C=O) groups excluding carboxylic acids is 2. The van der Waals surface area contributed by atoms with Crippen LogP contribution < -0.4 is 10.1 Å².